The van der Waals surface area contributed by atoms with Crippen molar-refractivity contribution in [2.24, 2.45) is 0 Å². The Morgan fingerprint density at radius 2 is 2.08 bits per heavy atom. The van der Waals surface area contributed by atoms with E-state index >= 15 is 0 Å². The lowest BCUT2D eigenvalue weighted by atomic mass is 9.94. The molecule has 1 N–H and O–H groups in total. The molecule has 3 heteroatoms. The Balaban J connectivity index is 2.66. The maximum absolute atomic E-state index is 5.88. The second-order valence-electron chi connectivity index (χ2n) is 3.59. The Hall–Kier alpha value is -0.150. The highest BCUT2D eigenvalue weighted by molar-refractivity contribution is 7.80. The summed E-state index contributed by atoms with van der Waals surface area (Å²) in [5.74, 6) is 0. The number of hydrogen-bond acceptors (Lipinski definition) is 2. The predicted molar refractivity (Wildman–Crippen MR) is 59.1 cm³/mol. The third kappa shape index (κ3) is 2.02. The standard InChI is InChI=1S/C10H19NOS/c1-4-8-7-12-10(5-2,6-3)9(13)11-8/h8H,4-7H2,1-3H3,(H,11,13). The van der Waals surface area contributed by atoms with E-state index in [1.165, 1.54) is 0 Å². The van der Waals surface area contributed by atoms with Crippen molar-refractivity contribution in [3.8, 4) is 0 Å². The van der Waals surface area contributed by atoms with Gasteiger partial charge >= 0.3 is 0 Å². The molecule has 1 aliphatic heterocycles. The molecule has 1 saturated heterocycles. The summed E-state index contributed by atoms with van der Waals surface area (Å²) in [6.07, 6.45) is 3.00. The first-order chi connectivity index (χ1) is 6.18. The van der Waals surface area contributed by atoms with Gasteiger partial charge in [-0.05, 0) is 19.3 Å². The Bertz CT molecular complexity index is 189. The van der Waals surface area contributed by atoms with Crippen molar-refractivity contribution >= 4 is 17.2 Å². The molecule has 0 spiro atoms. The summed E-state index contributed by atoms with van der Waals surface area (Å²) in [6, 6.07) is 0.415. The molecule has 1 heterocycles. The van der Waals surface area contributed by atoms with E-state index in [4.69, 9.17) is 17.0 Å². The predicted octanol–water partition coefficient (Wildman–Crippen LogP) is 2.27. The van der Waals surface area contributed by atoms with E-state index in [-0.39, 0.29) is 5.60 Å². The summed E-state index contributed by atoms with van der Waals surface area (Å²) in [6.45, 7) is 7.19. The summed E-state index contributed by atoms with van der Waals surface area (Å²) in [5, 5.41) is 3.37. The van der Waals surface area contributed by atoms with Crippen LogP contribution in [-0.2, 0) is 4.74 Å². The van der Waals surface area contributed by atoms with Gasteiger partial charge in [-0.2, -0.15) is 0 Å². The summed E-state index contributed by atoms with van der Waals surface area (Å²) in [4.78, 5) is 0.899. The third-order valence-corrected chi connectivity index (χ3v) is 3.43. The summed E-state index contributed by atoms with van der Waals surface area (Å²) in [7, 11) is 0. The normalized spacial score (nSPS) is 27.0. The first kappa shape index (κ1) is 10.9. The topological polar surface area (TPSA) is 21.3 Å². The maximum Gasteiger partial charge on any atom is 0.117 e. The van der Waals surface area contributed by atoms with Gasteiger partial charge in [0.05, 0.1) is 6.61 Å². The van der Waals surface area contributed by atoms with Crippen LogP contribution >= 0.6 is 12.2 Å². The van der Waals surface area contributed by atoms with Gasteiger partial charge in [0.25, 0.3) is 0 Å². The van der Waals surface area contributed by atoms with Crippen molar-refractivity contribution < 1.29 is 4.74 Å². The number of thiocarbonyl (C=S) groups is 1. The first-order valence-electron chi connectivity index (χ1n) is 5.13. The van der Waals surface area contributed by atoms with E-state index in [1.54, 1.807) is 0 Å². The quantitative estimate of drug-likeness (QED) is 0.708. The molecule has 0 bridgehead atoms. The van der Waals surface area contributed by atoms with E-state index in [0.717, 1.165) is 30.9 Å². The maximum atomic E-state index is 5.88. The summed E-state index contributed by atoms with van der Waals surface area (Å²) in [5.41, 5.74) is -0.180. The van der Waals surface area contributed by atoms with E-state index in [2.05, 4.69) is 26.1 Å². The van der Waals surface area contributed by atoms with Crippen molar-refractivity contribution in [1.82, 2.24) is 5.32 Å². The zero-order valence-electron chi connectivity index (χ0n) is 8.72. The van der Waals surface area contributed by atoms with Crippen LogP contribution in [0.2, 0.25) is 0 Å². The van der Waals surface area contributed by atoms with Gasteiger partial charge in [0.15, 0.2) is 0 Å². The molecule has 1 atom stereocenters. The zero-order valence-corrected chi connectivity index (χ0v) is 9.54. The fourth-order valence-corrected chi connectivity index (χ4v) is 2.19. The zero-order chi connectivity index (χ0) is 9.90. The molecule has 1 unspecified atom stereocenters. The molecule has 13 heavy (non-hydrogen) atoms. The van der Waals surface area contributed by atoms with E-state index < -0.39 is 0 Å². The van der Waals surface area contributed by atoms with Crippen molar-refractivity contribution in [3.63, 3.8) is 0 Å². The van der Waals surface area contributed by atoms with Gasteiger partial charge in [0.2, 0.25) is 0 Å². The first-order valence-corrected chi connectivity index (χ1v) is 5.54. The molecular weight excluding hydrogens is 182 g/mol. The molecule has 0 aromatic heterocycles. The Labute approximate surface area is 86.0 Å². The van der Waals surface area contributed by atoms with Crippen molar-refractivity contribution in [1.29, 1.82) is 0 Å². The minimum Gasteiger partial charge on any atom is -0.372 e. The SMILES string of the molecule is CCC1COC(CC)(CC)C(=S)N1. The third-order valence-electron chi connectivity index (χ3n) is 2.94. The second-order valence-corrected chi connectivity index (χ2v) is 4.00. The lowest BCUT2D eigenvalue weighted by Gasteiger charge is -2.40. The van der Waals surface area contributed by atoms with Crippen molar-refractivity contribution in [2.45, 2.75) is 51.7 Å². The van der Waals surface area contributed by atoms with Gasteiger partial charge in [-0.1, -0.05) is 33.0 Å². The molecule has 0 aromatic carbocycles. The van der Waals surface area contributed by atoms with E-state index in [1.807, 2.05) is 0 Å². The van der Waals surface area contributed by atoms with Crippen LogP contribution in [0.1, 0.15) is 40.0 Å². The molecule has 1 fully saturated rings. The minimum atomic E-state index is -0.180. The van der Waals surface area contributed by atoms with Gasteiger partial charge in [-0.25, -0.2) is 0 Å². The molecule has 0 amide bonds. The Morgan fingerprint density at radius 1 is 1.46 bits per heavy atom. The van der Waals surface area contributed by atoms with E-state index in [9.17, 15) is 0 Å². The highest BCUT2D eigenvalue weighted by atomic mass is 32.1. The highest BCUT2D eigenvalue weighted by Crippen LogP contribution is 2.25. The molecule has 0 aliphatic carbocycles. The highest BCUT2D eigenvalue weighted by Gasteiger charge is 2.37. The Kier molecular flexibility index (Phi) is 3.68. The smallest absolute Gasteiger partial charge is 0.117 e. The number of nitrogens with one attached hydrogen (secondary N) is 1. The molecule has 0 saturated carbocycles. The van der Waals surface area contributed by atoms with Crippen LogP contribution < -0.4 is 5.32 Å². The lowest BCUT2D eigenvalue weighted by Crippen LogP contribution is -2.57. The average molecular weight is 201 g/mol. The largest absolute Gasteiger partial charge is 0.372 e. The second kappa shape index (κ2) is 4.38. The molecule has 1 rings (SSSR count). The van der Waals surface area contributed by atoms with Gasteiger partial charge in [0, 0.05) is 6.04 Å². The molecule has 1 aliphatic rings. The van der Waals surface area contributed by atoms with Gasteiger partial charge in [-0.15, -0.1) is 0 Å². The lowest BCUT2D eigenvalue weighted by molar-refractivity contribution is -0.0252. The number of hydrogen-bond donors (Lipinski definition) is 1. The van der Waals surface area contributed by atoms with Crippen LogP contribution in [-0.4, -0.2) is 23.2 Å². The Morgan fingerprint density at radius 3 is 2.46 bits per heavy atom. The van der Waals surface area contributed by atoms with Crippen molar-refractivity contribution in [2.75, 3.05) is 6.61 Å². The van der Waals surface area contributed by atoms with Gasteiger partial charge < -0.3 is 10.1 Å². The van der Waals surface area contributed by atoms with Crippen LogP contribution in [0.25, 0.3) is 0 Å². The van der Waals surface area contributed by atoms with Crippen LogP contribution in [0.5, 0.6) is 0 Å². The average Bonchev–Trinajstić information content (AvgIpc) is 2.18. The van der Waals surface area contributed by atoms with Gasteiger partial charge in [0.1, 0.15) is 10.6 Å². The number of ether oxygens (including phenoxy) is 1. The summed E-state index contributed by atoms with van der Waals surface area (Å²) < 4.78 is 5.88. The van der Waals surface area contributed by atoms with Crippen LogP contribution in [0.3, 0.4) is 0 Å². The van der Waals surface area contributed by atoms with E-state index in [0.29, 0.717) is 6.04 Å². The fourth-order valence-electron chi connectivity index (χ4n) is 1.68. The molecular formula is C10H19NOS. The minimum absolute atomic E-state index is 0.180. The van der Waals surface area contributed by atoms with Crippen LogP contribution in [0, 0.1) is 0 Å². The molecule has 76 valence electrons. The van der Waals surface area contributed by atoms with Crippen LogP contribution in [0.15, 0.2) is 0 Å². The molecule has 0 aromatic rings. The molecule has 0 radical (unpaired) electrons. The molecule has 2 nitrogen and oxygen atoms in total. The van der Waals surface area contributed by atoms with Crippen LogP contribution in [0.4, 0.5) is 0 Å². The number of rotatable bonds is 3. The van der Waals surface area contributed by atoms with Gasteiger partial charge in [-0.3, -0.25) is 0 Å². The van der Waals surface area contributed by atoms with Crippen molar-refractivity contribution in [3.05, 3.63) is 0 Å². The summed E-state index contributed by atoms with van der Waals surface area (Å²) >= 11 is 5.34. The number of morpholine rings is 1. The monoisotopic (exact) mass is 201 g/mol. The fraction of sp³-hybridized carbons (Fsp3) is 0.900.